The topological polar surface area (TPSA) is 32.3 Å². The molecule has 2 atom stereocenters. The lowest BCUT2D eigenvalue weighted by atomic mass is 10.0. The van der Waals surface area contributed by atoms with Crippen molar-refractivity contribution in [3.05, 3.63) is 35.9 Å². The summed E-state index contributed by atoms with van der Waals surface area (Å²) in [6.07, 6.45) is 4.62. The van der Waals surface area contributed by atoms with E-state index in [0.717, 1.165) is 18.8 Å². The molecule has 1 aromatic rings. The van der Waals surface area contributed by atoms with Gasteiger partial charge in [0.05, 0.1) is 0 Å². The monoisotopic (exact) mass is 233 g/mol. The Bertz CT molecular complexity index is 321. The van der Waals surface area contributed by atoms with Gasteiger partial charge in [0.2, 0.25) is 0 Å². The van der Waals surface area contributed by atoms with Crippen LogP contribution in [0.5, 0.6) is 0 Å². The second kappa shape index (κ2) is 6.18. The highest BCUT2D eigenvalue weighted by atomic mass is 16.3. The molecule has 94 valence electrons. The van der Waals surface area contributed by atoms with Crippen LogP contribution in [0.3, 0.4) is 0 Å². The van der Waals surface area contributed by atoms with Crippen molar-refractivity contribution in [1.82, 2.24) is 5.32 Å². The molecule has 0 aliphatic heterocycles. The molecule has 0 saturated heterocycles. The zero-order valence-electron chi connectivity index (χ0n) is 10.6. The van der Waals surface area contributed by atoms with E-state index < -0.39 is 0 Å². The minimum Gasteiger partial charge on any atom is -0.396 e. The molecule has 2 nitrogen and oxygen atoms in total. The van der Waals surface area contributed by atoms with Gasteiger partial charge in [-0.15, -0.1) is 0 Å². The molecule has 1 aliphatic rings. The molecule has 0 radical (unpaired) electrons. The van der Waals surface area contributed by atoms with Crippen molar-refractivity contribution in [2.75, 3.05) is 6.61 Å². The highest BCUT2D eigenvalue weighted by molar-refractivity contribution is 5.19. The van der Waals surface area contributed by atoms with Gasteiger partial charge in [-0.25, -0.2) is 0 Å². The first-order valence-corrected chi connectivity index (χ1v) is 6.77. The number of hydrogen-bond acceptors (Lipinski definition) is 2. The maximum Gasteiger partial charge on any atom is 0.0445 e. The first kappa shape index (κ1) is 12.6. The van der Waals surface area contributed by atoms with E-state index in [4.69, 9.17) is 5.11 Å². The van der Waals surface area contributed by atoms with Crippen LogP contribution in [0.25, 0.3) is 0 Å². The third-order valence-corrected chi connectivity index (χ3v) is 3.66. The minimum atomic E-state index is 0.291. The van der Waals surface area contributed by atoms with Crippen molar-refractivity contribution in [2.45, 2.75) is 44.7 Å². The highest BCUT2D eigenvalue weighted by Crippen LogP contribution is 2.35. The minimum absolute atomic E-state index is 0.291. The van der Waals surface area contributed by atoms with Crippen LogP contribution in [0.4, 0.5) is 0 Å². The molecular weight excluding hydrogens is 210 g/mol. The number of benzene rings is 1. The summed E-state index contributed by atoms with van der Waals surface area (Å²) in [5, 5.41) is 12.9. The number of aliphatic hydroxyl groups excluding tert-OH is 1. The summed E-state index contributed by atoms with van der Waals surface area (Å²) in [6.45, 7) is 2.51. The SMILES string of the molecule is CCC(NC(CCO)C1CC1)c1ccccc1. The molecule has 1 fully saturated rings. The van der Waals surface area contributed by atoms with Gasteiger partial charge in [-0.1, -0.05) is 37.3 Å². The first-order valence-electron chi connectivity index (χ1n) is 6.77. The van der Waals surface area contributed by atoms with Gasteiger partial charge in [0, 0.05) is 18.7 Å². The molecule has 0 aromatic heterocycles. The van der Waals surface area contributed by atoms with Gasteiger partial charge in [0.15, 0.2) is 0 Å². The van der Waals surface area contributed by atoms with Crippen molar-refractivity contribution in [2.24, 2.45) is 5.92 Å². The van der Waals surface area contributed by atoms with Crippen molar-refractivity contribution in [3.8, 4) is 0 Å². The number of aliphatic hydroxyl groups is 1. The van der Waals surface area contributed by atoms with E-state index >= 15 is 0 Å². The summed E-state index contributed by atoms with van der Waals surface area (Å²) in [5.74, 6) is 0.792. The van der Waals surface area contributed by atoms with Crippen LogP contribution in [0.15, 0.2) is 30.3 Å². The second-order valence-corrected chi connectivity index (χ2v) is 4.99. The fourth-order valence-corrected chi connectivity index (χ4v) is 2.49. The molecule has 17 heavy (non-hydrogen) atoms. The van der Waals surface area contributed by atoms with Gasteiger partial charge >= 0.3 is 0 Å². The van der Waals surface area contributed by atoms with Gasteiger partial charge in [-0.2, -0.15) is 0 Å². The van der Waals surface area contributed by atoms with Crippen molar-refractivity contribution < 1.29 is 5.11 Å². The molecule has 2 heteroatoms. The van der Waals surface area contributed by atoms with Crippen LogP contribution >= 0.6 is 0 Å². The third-order valence-electron chi connectivity index (χ3n) is 3.66. The summed E-state index contributed by atoms with van der Waals surface area (Å²) in [4.78, 5) is 0. The molecule has 1 aromatic carbocycles. The number of rotatable bonds is 7. The van der Waals surface area contributed by atoms with Crippen LogP contribution in [0, 0.1) is 5.92 Å². The normalized spacial score (nSPS) is 18.9. The Morgan fingerprint density at radius 2 is 2.00 bits per heavy atom. The fraction of sp³-hybridized carbons (Fsp3) is 0.600. The quantitative estimate of drug-likeness (QED) is 0.759. The molecule has 1 aliphatic carbocycles. The Labute approximate surface area is 104 Å². The zero-order chi connectivity index (χ0) is 12.1. The largest absolute Gasteiger partial charge is 0.396 e. The van der Waals surface area contributed by atoms with Gasteiger partial charge in [-0.3, -0.25) is 0 Å². The summed E-state index contributed by atoms with van der Waals surface area (Å²) in [6, 6.07) is 11.5. The lowest BCUT2D eigenvalue weighted by Crippen LogP contribution is -2.35. The van der Waals surface area contributed by atoms with E-state index in [9.17, 15) is 0 Å². The van der Waals surface area contributed by atoms with E-state index in [2.05, 4.69) is 42.6 Å². The Balaban J connectivity index is 1.98. The Kier molecular flexibility index (Phi) is 4.57. The molecule has 1 saturated carbocycles. The van der Waals surface area contributed by atoms with Gasteiger partial charge in [0.25, 0.3) is 0 Å². The molecule has 0 bridgehead atoms. The van der Waals surface area contributed by atoms with Gasteiger partial charge in [-0.05, 0) is 37.2 Å². The molecule has 0 spiro atoms. The Morgan fingerprint density at radius 1 is 1.29 bits per heavy atom. The molecule has 2 unspecified atom stereocenters. The average Bonchev–Trinajstić information content (AvgIpc) is 3.20. The number of hydrogen-bond donors (Lipinski definition) is 2. The zero-order valence-corrected chi connectivity index (χ0v) is 10.6. The van der Waals surface area contributed by atoms with Gasteiger partial charge < -0.3 is 10.4 Å². The standard InChI is InChI=1S/C15H23NO/c1-2-14(12-6-4-3-5-7-12)16-15(10-11-17)13-8-9-13/h3-7,13-17H,2,8-11H2,1H3. The lowest BCUT2D eigenvalue weighted by molar-refractivity contribution is 0.247. The highest BCUT2D eigenvalue weighted by Gasteiger charge is 2.31. The van der Waals surface area contributed by atoms with Gasteiger partial charge in [0.1, 0.15) is 0 Å². The van der Waals surface area contributed by atoms with E-state index in [1.165, 1.54) is 18.4 Å². The van der Waals surface area contributed by atoms with Crippen LogP contribution in [-0.4, -0.2) is 17.8 Å². The second-order valence-electron chi connectivity index (χ2n) is 4.99. The van der Waals surface area contributed by atoms with E-state index in [1.54, 1.807) is 0 Å². The molecule has 2 N–H and O–H groups in total. The van der Waals surface area contributed by atoms with Crippen LogP contribution < -0.4 is 5.32 Å². The van der Waals surface area contributed by atoms with E-state index in [0.29, 0.717) is 18.7 Å². The predicted octanol–water partition coefficient (Wildman–Crippen LogP) is 2.89. The first-order chi connectivity index (χ1) is 8.35. The van der Waals surface area contributed by atoms with Crippen LogP contribution in [0.1, 0.15) is 44.2 Å². The van der Waals surface area contributed by atoms with Crippen molar-refractivity contribution >= 4 is 0 Å². The predicted molar refractivity (Wildman–Crippen MR) is 70.8 cm³/mol. The van der Waals surface area contributed by atoms with Crippen LogP contribution in [-0.2, 0) is 0 Å². The Morgan fingerprint density at radius 3 is 2.53 bits per heavy atom. The lowest BCUT2D eigenvalue weighted by Gasteiger charge is -2.25. The molecular formula is C15H23NO. The smallest absolute Gasteiger partial charge is 0.0445 e. The summed E-state index contributed by atoms with van der Waals surface area (Å²) in [5.41, 5.74) is 1.36. The maximum atomic E-state index is 9.13. The molecule has 0 heterocycles. The third kappa shape index (κ3) is 3.55. The average molecular weight is 233 g/mol. The molecule has 2 rings (SSSR count). The van der Waals surface area contributed by atoms with Crippen LogP contribution in [0.2, 0.25) is 0 Å². The van der Waals surface area contributed by atoms with E-state index in [-0.39, 0.29) is 0 Å². The summed E-state index contributed by atoms with van der Waals surface area (Å²) in [7, 11) is 0. The molecule has 0 amide bonds. The number of nitrogens with one attached hydrogen (secondary N) is 1. The summed E-state index contributed by atoms with van der Waals surface area (Å²) >= 11 is 0. The summed E-state index contributed by atoms with van der Waals surface area (Å²) < 4.78 is 0. The Hall–Kier alpha value is -0.860. The van der Waals surface area contributed by atoms with Crippen molar-refractivity contribution in [1.29, 1.82) is 0 Å². The van der Waals surface area contributed by atoms with E-state index in [1.807, 2.05) is 0 Å². The fourth-order valence-electron chi connectivity index (χ4n) is 2.49. The van der Waals surface area contributed by atoms with Crippen molar-refractivity contribution in [3.63, 3.8) is 0 Å². The maximum absolute atomic E-state index is 9.13.